The SMILES string of the molecule is COc1ccccc1-c1csc2nc(NC(=O)c3cccc(C)c3)nn12. The number of benzene rings is 2. The first-order valence-electron chi connectivity index (χ1n) is 8.01. The smallest absolute Gasteiger partial charge is 0.258 e. The van der Waals surface area contributed by atoms with E-state index in [9.17, 15) is 4.79 Å². The molecule has 4 rings (SSSR count). The lowest BCUT2D eigenvalue weighted by atomic mass is 10.1. The number of rotatable bonds is 4. The molecule has 0 spiro atoms. The second-order valence-electron chi connectivity index (χ2n) is 5.77. The fraction of sp³-hybridized carbons (Fsp3) is 0.105. The number of hydrogen-bond donors (Lipinski definition) is 1. The van der Waals surface area contributed by atoms with Crippen molar-refractivity contribution in [2.24, 2.45) is 0 Å². The molecule has 130 valence electrons. The molecule has 7 heteroatoms. The van der Waals surface area contributed by atoms with E-state index in [1.807, 2.05) is 54.8 Å². The standard InChI is InChI=1S/C19H16N4O2S/c1-12-6-5-7-13(10-12)17(24)20-18-21-19-23(22-18)15(11-26-19)14-8-3-4-9-16(14)25-2/h3-11H,1-2H3,(H,20,22,24). The van der Waals surface area contributed by atoms with Crippen molar-refractivity contribution in [2.45, 2.75) is 6.92 Å². The molecule has 0 unspecified atom stereocenters. The van der Waals surface area contributed by atoms with Gasteiger partial charge in [-0.2, -0.15) is 4.98 Å². The van der Waals surface area contributed by atoms with Gasteiger partial charge in [-0.3, -0.25) is 10.1 Å². The Morgan fingerprint density at radius 1 is 1.19 bits per heavy atom. The van der Waals surface area contributed by atoms with Crippen LogP contribution in [0, 0.1) is 6.92 Å². The first kappa shape index (κ1) is 16.3. The normalized spacial score (nSPS) is 10.8. The van der Waals surface area contributed by atoms with E-state index in [-0.39, 0.29) is 11.9 Å². The number of fused-ring (bicyclic) bond motifs is 1. The number of aryl methyl sites for hydroxylation is 1. The van der Waals surface area contributed by atoms with Crippen LogP contribution in [0.25, 0.3) is 16.2 Å². The average Bonchev–Trinajstić information content (AvgIpc) is 3.21. The van der Waals surface area contributed by atoms with Gasteiger partial charge in [-0.1, -0.05) is 29.8 Å². The number of amides is 1. The topological polar surface area (TPSA) is 68.5 Å². The molecule has 1 N–H and O–H groups in total. The molecule has 2 aromatic carbocycles. The van der Waals surface area contributed by atoms with Gasteiger partial charge in [0.25, 0.3) is 11.9 Å². The number of nitrogens with one attached hydrogen (secondary N) is 1. The Morgan fingerprint density at radius 3 is 2.85 bits per heavy atom. The van der Waals surface area contributed by atoms with Crippen LogP contribution in [-0.4, -0.2) is 27.6 Å². The molecule has 4 aromatic rings. The Kier molecular flexibility index (Phi) is 4.14. The summed E-state index contributed by atoms with van der Waals surface area (Å²) < 4.78 is 7.15. The van der Waals surface area contributed by atoms with Gasteiger partial charge < -0.3 is 4.74 Å². The van der Waals surface area contributed by atoms with E-state index in [0.717, 1.165) is 22.6 Å². The minimum atomic E-state index is -0.231. The van der Waals surface area contributed by atoms with Crippen LogP contribution in [0.5, 0.6) is 5.75 Å². The molecule has 2 heterocycles. The van der Waals surface area contributed by atoms with Gasteiger partial charge in [0.1, 0.15) is 5.75 Å². The third-order valence-electron chi connectivity index (χ3n) is 3.97. The molecule has 0 fully saturated rings. The number of anilines is 1. The highest BCUT2D eigenvalue weighted by Gasteiger charge is 2.16. The number of carbonyl (C=O) groups excluding carboxylic acids is 1. The summed E-state index contributed by atoms with van der Waals surface area (Å²) in [6.07, 6.45) is 0. The molecule has 1 amide bonds. The molecule has 0 aliphatic rings. The average molecular weight is 364 g/mol. The van der Waals surface area contributed by atoms with Crippen molar-refractivity contribution in [3.05, 3.63) is 65.0 Å². The molecule has 26 heavy (non-hydrogen) atoms. The van der Waals surface area contributed by atoms with Crippen molar-refractivity contribution in [2.75, 3.05) is 12.4 Å². The van der Waals surface area contributed by atoms with Crippen molar-refractivity contribution in [1.82, 2.24) is 14.6 Å². The Morgan fingerprint density at radius 2 is 2.04 bits per heavy atom. The summed E-state index contributed by atoms with van der Waals surface area (Å²) >= 11 is 1.46. The number of ether oxygens (including phenoxy) is 1. The third kappa shape index (κ3) is 2.93. The number of aromatic nitrogens is 3. The third-order valence-corrected chi connectivity index (χ3v) is 4.79. The molecule has 0 saturated heterocycles. The van der Waals surface area contributed by atoms with Gasteiger partial charge in [-0.15, -0.1) is 16.4 Å². The summed E-state index contributed by atoms with van der Waals surface area (Å²) in [5.74, 6) is 0.804. The van der Waals surface area contributed by atoms with Crippen molar-refractivity contribution >= 4 is 28.2 Å². The van der Waals surface area contributed by atoms with Crippen LogP contribution in [0.4, 0.5) is 5.95 Å². The van der Waals surface area contributed by atoms with E-state index in [1.54, 1.807) is 17.7 Å². The highest BCUT2D eigenvalue weighted by Crippen LogP contribution is 2.32. The highest BCUT2D eigenvalue weighted by atomic mass is 32.1. The van der Waals surface area contributed by atoms with Crippen molar-refractivity contribution < 1.29 is 9.53 Å². The monoisotopic (exact) mass is 364 g/mol. The van der Waals surface area contributed by atoms with Gasteiger partial charge in [0.15, 0.2) is 0 Å². The number of carbonyl (C=O) groups is 1. The fourth-order valence-electron chi connectivity index (χ4n) is 2.74. The maximum absolute atomic E-state index is 12.4. The first-order valence-corrected chi connectivity index (χ1v) is 8.89. The maximum Gasteiger partial charge on any atom is 0.258 e. The van der Waals surface area contributed by atoms with E-state index in [4.69, 9.17) is 4.74 Å². The van der Waals surface area contributed by atoms with Crippen LogP contribution in [0.1, 0.15) is 15.9 Å². The van der Waals surface area contributed by atoms with E-state index >= 15 is 0 Å². The zero-order valence-corrected chi connectivity index (χ0v) is 15.1. The minimum Gasteiger partial charge on any atom is -0.496 e. The number of thiazole rings is 1. The molecule has 0 aliphatic heterocycles. The van der Waals surface area contributed by atoms with E-state index in [2.05, 4.69) is 15.4 Å². The predicted molar refractivity (Wildman–Crippen MR) is 102 cm³/mol. The quantitative estimate of drug-likeness (QED) is 0.594. The van der Waals surface area contributed by atoms with Crippen LogP contribution in [0.15, 0.2) is 53.9 Å². The molecule has 0 radical (unpaired) electrons. The van der Waals surface area contributed by atoms with Crippen LogP contribution in [-0.2, 0) is 0 Å². The lowest BCUT2D eigenvalue weighted by molar-refractivity contribution is 0.102. The van der Waals surface area contributed by atoms with Gasteiger partial charge in [-0.05, 0) is 31.2 Å². The summed E-state index contributed by atoms with van der Waals surface area (Å²) in [6, 6.07) is 15.1. The molecular weight excluding hydrogens is 348 g/mol. The van der Waals surface area contributed by atoms with Crippen LogP contribution >= 0.6 is 11.3 Å². The van der Waals surface area contributed by atoms with Gasteiger partial charge in [-0.25, -0.2) is 4.52 Å². The molecule has 0 aliphatic carbocycles. The molecule has 0 saturated carbocycles. The maximum atomic E-state index is 12.4. The highest BCUT2D eigenvalue weighted by molar-refractivity contribution is 7.15. The first-order chi connectivity index (χ1) is 12.7. The van der Waals surface area contributed by atoms with Gasteiger partial charge in [0.2, 0.25) is 4.96 Å². The summed E-state index contributed by atoms with van der Waals surface area (Å²) in [5.41, 5.74) is 3.39. The molecule has 2 aromatic heterocycles. The summed E-state index contributed by atoms with van der Waals surface area (Å²) in [5, 5.41) is 9.17. The lowest BCUT2D eigenvalue weighted by Gasteiger charge is -2.06. The number of methoxy groups -OCH3 is 1. The molecule has 0 bridgehead atoms. The van der Waals surface area contributed by atoms with Crippen molar-refractivity contribution in [1.29, 1.82) is 0 Å². The summed E-state index contributed by atoms with van der Waals surface area (Å²) in [6.45, 7) is 1.95. The molecule has 6 nitrogen and oxygen atoms in total. The Hall–Kier alpha value is -3.19. The van der Waals surface area contributed by atoms with Gasteiger partial charge >= 0.3 is 0 Å². The van der Waals surface area contributed by atoms with Gasteiger partial charge in [0.05, 0.1) is 12.8 Å². The zero-order chi connectivity index (χ0) is 18.1. The zero-order valence-electron chi connectivity index (χ0n) is 14.3. The fourth-order valence-corrected chi connectivity index (χ4v) is 3.56. The largest absolute Gasteiger partial charge is 0.496 e. The minimum absolute atomic E-state index is 0.231. The van der Waals surface area contributed by atoms with Gasteiger partial charge in [0, 0.05) is 16.5 Å². The Balaban J connectivity index is 1.67. The Bertz CT molecular complexity index is 1100. The molecular formula is C19H16N4O2S. The van der Waals surface area contributed by atoms with E-state index in [1.165, 1.54) is 11.3 Å². The van der Waals surface area contributed by atoms with Crippen LogP contribution in [0.3, 0.4) is 0 Å². The summed E-state index contributed by atoms with van der Waals surface area (Å²) in [7, 11) is 1.64. The number of hydrogen-bond acceptors (Lipinski definition) is 5. The number of para-hydroxylation sites is 1. The lowest BCUT2D eigenvalue weighted by Crippen LogP contribution is -2.13. The second-order valence-corrected chi connectivity index (χ2v) is 6.61. The van der Waals surface area contributed by atoms with E-state index in [0.29, 0.717) is 10.5 Å². The van der Waals surface area contributed by atoms with Crippen LogP contribution < -0.4 is 10.1 Å². The van der Waals surface area contributed by atoms with Crippen LogP contribution in [0.2, 0.25) is 0 Å². The van der Waals surface area contributed by atoms with E-state index < -0.39 is 0 Å². The molecule has 0 atom stereocenters. The predicted octanol–water partition coefficient (Wildman–Crippen LogP) is 4.03. The Labute approximate surface area is 154 Å². The number of nitrogens with zero attached hydrogens (tertiary/aromatic N) is 3. The summed E-state index contributed by atoms with van der Waals surface area (Å²) in [4.78, 5) is 17.5. The van der Waals surface area contributed by atoms with Crippen molar-refractivity contribution in [3.63, 3.8) is 0 Å². The van der Waals surface area contributed by atoms with Crippen molar-refractivity contribution in [3.8, 4) is 17.0 Å². The second kappa shape index (κ2) is 6.61.